The Morgan fingerprint density at radius 3 is 2.72 bits per heavy atom. The third kappa shape index (κ3) is 4.73. The van der Waals surface area contributed by atoms with Gasteiger partial charge >= 0.3 is 0 Å². The highest BCUT2D eigenvalue weighted by atomic mass is 35.5. The maximum absolute atomic E-state index is 12.9. The van der Waals surface area contributed by atoms with Crippen molar-refractivity contribution in [3.8, 4) is 0 Å². The van der Waals surface area contributed by atoms with E-state index in [0.29, 0.717) is 19.5 Å². The molecule has 154 valence electrons. The lowest BCUT2D eigenvalue weighted by molar-refractivity contribution is -0.129. The summed E-state index contributed by atoms with van der Waals surface area (Å²) in [5.41, 5.74) is 11.3. The summed E-state index contributed by atoms with van der Waals surface area (Å²) in [6.07, 6.45) is 3.25. The molecule has 2 aromatic rings. The second-order valence-corrected chi connectivity index (χ2v) is 8.07. The molecule has 1 saturated heterocycles. The molecule has 0 spiro atoms. The lowest BCUT2D eigenvalue weighted by atomic mass is 9.87. The van der Waals surface area contributed by atoms with Crippen LogP contribution in [0.1, 0.15) is 47.6 Å². The van der Waals surface area contributed by atoms with Crippen molar-refractivity contribution in [1.29, 1.82) is 0 Å². The zero-order chi connectivity index (χ0) is 19.7. The van der Waals surface area contributed by atoms with Gasteiger partial charge in [0.25, 0.3) is 0 Å². The number of carbonyl (C=O) groups excluding carboxylic acids is 2. The lowest BCUT2D eigenvalue weighted by Crippen LogP contribution is -2.36. The van der Waals surface area contributed by atoms with E-state index in [4.69, 9.17) is 5.73 Å². The molecule has 2 amide bonds. The Labute approximate surface area is 178 Å². The van der Waals surface area contributed by atoms with Gasteiger partial charge in [-0.1, -0.05) is 35.9 Å². The van der Waals surface area contributed by atoms with Crippen LogP contribution in [0.5, 0.6) is 0 Å². The minimum absolute atomic E-state index is 0. The summed E-state index contributed by atoms with van der Waals surface area (Å²) < 4.78 is 0. The van der Waals surface area contributed by atoms with Crippen LogP contribution in [0.4, 0.5) is 5.69 Å². The van der Waals surface area contributed by atoms with Gasteiger partial charge in [-0.25, -0.2) is 0 Å². The van der Waals surface area contributed by atoms with E-state index in [9.17, 15) is 9.59 Å². The third-order valence-corrected chi connectivity index (χ3v) is 5.88. The Kier molecular flexibility index (Phi) is 6.48. The first kappa shape index (κ1) is 21.2. The van der Waals surface area contributed by atoms with E-state index in [-0.39, 0.29) is 36.2 Å². The molecule has 6 heteroatoms. The SMILES string of the molecule is Cc1ccc(CN2CC(C(=O)NC3CCCc4cc(N)ccc43)CC2=O)cc1.Cl. The Balaban J connectivity index is 0.00000240. The van der Waals surface area contributed by atoms with Gasteiger partial charge in [0.05, 0.1) is 12.0 Å². The number of nitrogens with zero attached hydrogens (tertiary/aromatic N) is 1. The van der Waals surface area contributed by atoms with Crippen molar-refractivity contribution in [1.82, 2.24) is 10.2 Å². The summed E-state index contributed by atoms with van der Waals surface area (Å²) in [6.45, 7) is 3.09. The number of amides is 2. The highest BCUT2D eigenvalue weighted by Gasteiger charge is 2.35. The number of aryl methyl sites for hydroxylation is 2. The van der Waals surface area contributed by atoms with Gasteiger partial charge in [0, 0.05) is 25.2 Å². The normalized spacial score (nSPS) is 20.7. The van der Waals surface area contributed by atoms with Gasteiger partial charge in [-0.05, 0) is 55.0 Å². The van der Waals surface area contributed by atoms with E-state index in [2.05, 4.69) is 5.32 Å². The molecule has 1 heterocycles. The predicted octanol–water partition coefficient (Wildman–Crippen LogP) is 3.54. The minimum atomic E-state index is -0.280. The van der Waals surface area contributed by atoms with Gasteiger partial charge in [-0.3, -0.25) is 9.59 Å². The van der Waals surface area contributed by atoms with Crippen molar-refractivity contribution in [2.24, 2.45) is 5.92 Å². The largest absolute Gasteiger partial charge is 0.399 e. The van der Waals surface area contributed by atoms with Crippen LogP contribution in [0.25, 0.3) is 0 Å². The van der Waals surface area contributed by atoms with E-state index >= 15 is 0 Å². The number of rotatable bonds is 4. The fraction of sp³-hybridized carbons (Fsp3) is 0.391. The Morgan fingerprint density at radius 2 is 1.97 bits per heavy atom. The van der Waals surface area contributed by atoms with Crippen molar-refractivity contribution in [2.45, 2.75) is 45.2 Å². The number of hydrogen-bond donors (Lipinski definition) is 2. The average Bonchev–Trinajstić information content (AvgIpc) is 3.04. The fourth-order valence-corrected chi connectivity index (χ4v) is 4.29. The molecule has 3 N–H and O–H groups in total. The Bertz CT molecular complexity index is 897. The molecule has 29 heavy (non-hydrogen) atoms. The molecule has 1 aliphatic heterocycles. The second kappa shape index (κ2) is 8.87. The van der Waals surface area contributed by atoms with Gasteiger partial charge in [-0.2, -0.15) is 0 Å². The molecule has 2 unspecified atom stereocenters. The van der Waals surface area contributed by atoms with Crippen molar-refractivity contribution >= 4 is 29.9 Å². The summed E-state index contributed by atoms with van der Waals surface area (Å²) in [6, 6.07) is 14.1. The summed E-state index contributed by atoms with van der Waals surface area (Å²) in [5.74, 6) is -0.246. The third-order valence-electron chi connectivity index (χ3n) is 5.88. The van der Waals surface area contributed by atoms with E-state index in [1.165, 1.54) is 11.1 Å². The fourth-order valence-electron chi connectivity index (χ4n) is 4.29. The van der Waals surface area contributed by atoms with Crippen molar-refractivity contribution in [3.05, 3.63) is 64.7 Å². The molecule has 0 bridgehead atoms. The molecule has 0 saturated carbocycles. The number of fused-ring (bicyclic) bond motifs is 1. The van der Waals surface area contributed by atoms with Crippen LogP contribution in [0.2, 0.25) is 0 Å². The molecular weight excluding hydrogens is 386 g/mol. The molecule has 0 radical (unpaired) electrons. The first-order valence-electron chi connectivity index (χ1n) is 10.0. The molecule has 2 aromatic carbocycles. The number of nitrogens with one attached hydrogen (secondary N) is 1. The first-order chi connectivity index (χ1) is 13.5. The summed E-state index contributed by atoms with van der Waals surface area (Å²) in [4.78, 5) is 27.1. The Morgan fingerprint density at radius 1 is 1.21 bits per heavy atom. The highest BCUT2D eigenvalue weighted by molar-refractivity contribution is 5.89. The second-order valence-electron chi connectivity index (χ2n) is 8.07. The number of nitrogen functional groups attached to an aromatic ring is 1. The molecule has 4 rings (SSSR count). The molecule has 2 atom stereocenters. The van der Waals surface area contributed by atoms with E-state index in [1.54, 1.807) is 4.90 Å². The van der Waals surface area contributed by atoms with Crippen molar-refractivity contribution in [3.63, 3.8) is 0 Å². The maximum Gasteiger partial charge on any atom is 0.225 e. The number of hydrogen-bond acceptors (Lipinski definition) is 3. The van der Waals surface area contributed by atoms with E-state index < -0.39 is 0 Å². The molecule has 1 aliphatic carbocycles. The maximum atomic E-state index is 12.9. The standard InChI is InChI=1S/C23H27N3O2.ClH/c1-15-5-7-16(8-6-15)13-26-14-18(12-22(26)27)23(28)25-21-4-2-3-17-11-19(24)9-10-20(17)21;/h5-11,18,21H,2-4,12-14,24H2,1H3,(H,25,28);1H. The number of halogens is 1. The van der Waals surface area contributed by atoms with Crippen LogP contribution in [-0.4, -0.2) is 23.3 Å². The van der Waals surface area contributed by atoms with Gasteiger partial charge in [-0.15, -0.1) is 12.4 Å². The number of benzene rings is 2. The smallest absolute Gasteiger partial charge is 0.225 e. The predicted molar refractivity (Wildman–Crippen MR) is 117 cm³/mol. The molecule has 1 fully saturated rings. The van der Waals surface area contributed by atoms with Crippen LogP contribution >= 0.6 is 12.4 Å². The number of nitrogens with two attached hydrogens (primary N) is 1. The highest BCUT2D eigenvalue weighted by Crippen LogP contribution is 2.32. The molecule has 2 aliphatic rings. The van der Waals surface area contributed by atoms with E-state index in [0.717, 1.165) is 36.1 Å². The van der Waals surface area contributed by atoms with Crippen LogP contribution in [0.15, 0.2) is 42.5 Å². The van der Waals surface area contributed by atoms with Crippen LogP contribution < -0.4 is 11.1 Å². The number of carbonyl (C=O) groups is 2. The van der Waals surface area contributed by atoms with Crippen LogP contribution in [0, 0.1) is 12.8 Å². The summed E-state index contributed by atoms with van der Waals surface area (Å²) in [5, 5.41) is 3.19. The average molecular weight is 414 g/mol. The monoisotopic (exact) mass is 413 g/mol. The Hall–Kier alpha value is -2.53. The number of anilines is 1. The summed E-state index contributed by atoms with van der Waals surface area (Å²) >= 11 is 0. The van der Waals surface area contributed by atoms with Gasteiger partial charge in [0.1, 0.15) is 0 Å². The number of likely N-dealkylation sites (tertiary alicyclic amines) is 1. The minimum Gasteiger partial charge on any atom is -0.399 e. The van der Waals surface area contributed by atoms with Crippen molar-refractivity contribution < 1.29 is 9.59 Å². The van der Waals surface area contributed by atoms with Crippen LogP contribution in [0.3, 0.4) is 0 Å². The van der Waals surface area contributed by atoms with Gasteiger partial charge < -0.3 is 16.0 Å². The zero-order valence-electron chi connectivity index (χ0n) is 16.7. The van der Waals surface area contributed by atoms with Crippen molar-refractivity contribution in [2.75, 3.05) is 12.3 Å². The molecular formula is C23H28ClN3O2. The summed E-state index contributed by atoms with van der Waals surface area (Å²) in [7, 11) is 0. The topological polar surface area (TPSA) is 75.4 Å². The quantitative estimate of drug-likeness (QED) is 0.752. The first-order valence-corrected chi connectivity index (χ1v) is 10.0. The van der Waals surface area contributed by atoms with Gasteiger partial charge in [0.2, 0.25) is 11.8 Å². The van der Waals surface area contributed by atoms with Gasteiger partial charge in [0.15, 0.2) is 0 Å². The zero-order valence-corrected chi connectivity index (χ0v) is 17.5. The van der Waals surface area contributed by atoms with E-state index in [1.807, 2.05) is 49.4 Å². The molecule has 0 aromatic heterocycles. The van der Waals surface area contributed by atoms with Crippen LogP contribution in [-0.2, 0) is 22.6 Å². The molecule has 5 nitrogen and oxygen atoms in total. The lowest BCUT2D eigenvalue weighted by Gasteiger charge is -2.27.